The van der Waals surface area contributed by atoms with Gasteiger partial charge in [-0.25, -0.2) is 19.9 Å². The van der Waals surface area contributed by atoms with E-state index in [1.54, 1.807) is 22.7 Å². The zero-order valence-corrected chi connectivity index (χ0v) is 41.5. The third-order valence-corrected chi connectivity index (χ3v) is 17.0. The van der Waals surface area contributed by atoms with E-state index in [1.807, 2.05) is 12.1 Å². The molecule has 4 aromatic heterocycles. The molecule has 346 valence electrons. The molecule has 2 bridgehead atoms. The smallest absolute Gasteiger partial charge is 0.160 e. The third-order valence-electron chi connectivity index (χ3n) is 15.1. The maximum atomic E-state index is 5.30. The zero-order valence-electron chi connectivity index (χ0n) is 39.9. The molecule has 4 nitrogen and oxygen atoms in total. The average Bonchev–Trinajstić information content (AvgIpc) is 4.18. The molecule has 0 radical (unpaired) electrons. The molecule has 3 aliphatic rings. The molecule has 0 fully saturated rings. The summed E-state index contributed by atoms with van der Waals surface area (Å²) in [6.45, 7) is 0. The van der Waals surface area contributed by atoms with Crippen molar-refractivity contribution in [3.63, 3.8) is 0 Å². The Labute approximate surface area is 436 Å². The first-order chi connectivity index (χ1) is 36.6. The van der Waals surface area contributed by atoms with Crippen LogP contribution in [-0.4, -0.2) is 19.9 Å². The molecule has 74 heavy (non-hydrogen) atoms. The van der Waals surface area contributed by atoms with Gasteiger partial charge < -0.3 is 0 Å². The molecule has 0 saturated heterocycles. The van der Waals surface area contributed by atoms with Gasteiger partial charge in [0.1, 0.15) is 0 Å². The van der Waals surface area contributed by atoms with Crippen LogP contribution in [0.25, 0.3) is 110 Å². The minimum absolute atomic E-state index is 0.0607. The summed E-state index contributed by atoms with van der Waals surface area (Å²) in [6, 6.07) is 83.1. The number of benzene rings is 9. The second-order valence-electron chi connectivity index (χ2n) is 19.3. The Morgan fingerprint density at radius 3 is 1.03 bits per heavy atom. The molecule has 0 spiro atoms. The predicted octanol–water partition coefficient (Wildman–Crippen LogP) is 18.0. The number of aromatic nitrogens is 4. The van der Waals surface area contributed by atoms with E-state index in [4.69, 9.17) is 19.9 Å². The number of fused-ring (bicyclic) bond motifs is 2. The van der Waals surface area contributed by atoms with Crippen LogP contribution in [-0.2, 0) is 0 Å². The Bertz CT molecular complexity index is 4030. The van der Waals surface area contributed by atoms with Crippen molar-refractivity contribution in [2.24, 2.45) is 0 Å². The van der Waals surface area contributed by atoms with Gasteiger partial charge in [0.15, 0.2) is 11.6 Å². The summed E-state index contributed by atoms with van der Waals surface area (Å²) < 4.78 is 2.59. The van der Waals surface area contributed by atoms with Crippen molar-refractivity contribution in [3.8, 4) is 90.1 Å². The molecule has 0 aliphatic heterocycles. The van der Waals surface area contributed by atoms with Crippen LogP contribution in [0.1, 0.15) is 45.2 Å². The lowest BCUT2D eigenvalue weighted by molar-refractivity contribution is 0.755. The fourth-order valence-corrected chi connectivity index (χ4v) is 13.4. The van der Waals surface area contributed by atoms with E-state index >= 15 is 0 Å². The maximum Gasteiger partial charge on any atom is 0.160 e. The van der Waals surface area contributed by atoms with Gasteiger partial charge in [-0.3, -0.25) is 0 Å². The Morgan fingerprint density at radius 1 is 0.257 bits per heavy atom. The van der Waals surface area contributed by atoms with Crippen molar-refractivity contribution in [2.45, 2.75) is 11.8 Å². The summed E-state index contributed by atoms with van der Waals surface area (Å²) in [4.78, 5) is 21.0. The first kappa shape index (κ1) is 42.7. The Balaban J connectivity index is 0.812. The summed E-state index contributed by atoms with van der Waals surface area (Å²) >= 11 is 3.58. The summed E-state index contributed by atoms with van der Waals surface area (Å²) in [5, 5.41) is 7.09. The van der Waals surface area contributed by atoms with Gasteiger partial charge in [-0.05, 0) is 91.7 Å². The molecular weight excluding hydrogens is 937 g/mol. The molecule has 4 heterocycles. The van der Waals surface area contributed by atoms with E-state index in [0.29, 0.717) is 11.6 Å². The molecule has 16 rings (SSSR count). The van der Waals surface area contributed by atoms with Gasteiger partial charge in [-0.2, -0.15) is 0 Å². The molecule has 2 atom stereocenters. The topological polar surface area (TPSA) is 51.6 Å². The van der Waals surface area contributed by atoms with Crippen molar-refractivity contribution < 1.29 is 0 Å². The van der Waals surface area contributed by atoms with E-state index in [1.165, 1.54) is 75.8 Å². The molecular formula is C68H42N4S2. The van der Waals surface area contributed by atoms with Gasteiger partial charge in [0.2, 0.25) is 0 Å². The highest BCUT2D eigenvalue weighted by atomic mass is 32.1. The van der Waals surface area contributed by atoms with Crippen LogP contribution in [0.15, 0.2) is 241 Å². The van der Waals surface area contributed by atoms with Crippen LogP contribution in [0.4, 0.5) is 0 Å². The van der Waals surface area contributed by atoms with E-state index in [-0.39, 0.29) is 11.8 Å². The summed E-state index contributed by atoms with van der Waals surface area (Å²) in [7, 11) is 0. The summed E-state index contributed by atoms with van der Waals surface area (Å²) in [5.41, 5.74) is 22.8. The van der Waals surface area contributed by atoms with E-state index in [0.717, 1.165) is 56.2 Å². The van der Waals surface area contributed by atoms with Crippen LogP contribution in [0.5, 0.6) is 0 Å². The zero-order chi connectivity index (χ0) is 48.7. The van der Waals surface area contributed by atoms with Crippen LogP contribution >= 0.6 is 22.7 Å². The maximum absolute atomic E-state index is 5.30. The molecule has 9 aromatic carbocycles. The van der Waals surface area contributed by atoms with Gasteiger partial charge >= 0.3 is 0 Å². The van der Waals surface area contributed by atoms with Crippen molar-refractivity contribution in [1.82, 2.24) is 19.9 Å². The molecule has 0 saturated carbocycles. The summed E-state index contributed by atoms with van der Waals surface area (Å²) in [6.07, 6.45) is 0. The number of nitrogens with zero attached hydrogens (tertiary/aromatic N) is 4. The highest BCUT2D eigenvalue weighted by Gasteiger charge is 2.41. The second kappa shape index (κ2) is 17.4. The predicted molar refractivity (Wildman–Crippen MR) is 307 cm³/mol. The largest absolute Gasteiger partial charge is 0.228 e. The molecule has 13 aromatic rings. The Morgan fingerprint density at radius 2 is 0.595 bits per heavy atom. The standard InChI is InChI=1S/C68H42N4S2/c1-3-13-45(14-4-1)67-69-59(43-27-23-41(24-28-43)57-39-73-63-21-11-9-17-49(57)63)37-61(71-67)47-31-33-53-55(35-47)65-51-19-7-8-20-52(51)66(53)56-36-48(32-34-54(56)65)62-38-60(70-68(72-62)46-15-5-2-6-16-46)44-29-25-42(26-30-44)58-40-74-64-22-12-10-18-50(58)64/h1-40,65-66H. The number of thiophene rings is 2. The van der Waals surface area contributed by atoms with Crippen molar-refractivity contribution >= 4 is 42.8 Å². The second-order valence-corrected chi connectivity index (χ2v) is 21.1. The van der Waals surface area contributed by atoms with Crippen molar-refractivity contribution in [2.75, 3.05) is 0 Å². The lowest BCUT2D eigenvalue weighted by Crippen LogP contribution is -2.27. The highest BCUT2D eigenvalue weighted by molar-refractivity contribution is 7.18. The van der Waals surface area contributed by atoms with E-state index in [2.05, 4.69) is 229 Å². The van der Waals surface area contributed by atoms with Gasteiger partial charge in [-0.15, -0.1) is 22.7 Å². The van der Waals surface area contributed by atoms with E-state index < -0.39 is 0 Å². The lowest BCUT2D eigenvalue weighted by atomic mass is 9.60. The monoisotopic (exact) mass is 978 g/mol. The fraction of sp³-hybridized carbons (Fsp3) is 0.0294. The number of hydrogen-bond acceptors (Lipinski definition) is 6. The average molecular weight is 979 g/mol. The van der Waals surface area contributed by atoms with Gasteiger partial charge in [0, 0.05) is 76.5 Å². The van der Waals surface area contributed by atoms with Crippen molar-refractivity contribution in [3.05, 3.63) is 275 Å². The Hall–Kier alpha value is -8.94. The molecule has 6 heteroatoms. The van der Waals surface area contributed by atoms with Crippen molar-refractivity contribution in [1.29, 1.82) is 0 Å². The molecule has 0 amide bonds. The third kappa shape index (κ3) is 7.17. The Kier molecular flexibility index (Phi) is 10.0. The minimum atomic E-state index is 0.0607. The first-order valence-corrected chi connectivity index (χ1v) is 26.8. The van der Waals surface area contributed by atoms with Crippen LogP contribution in [0.2, 0.25) is 0 Å². The fourth-order valence-electron chi connectivity index (χ4n) is 11.5. The van der Waals surface area contributed by atoms with E-state index in [9.17, 15) is 0 Å². The normalized spacial score (nSPS) is 14.2. The van der Waals surface area contributed by atoms with Crippen LogP contribution in [0, 0.1) is 0 Å². The SMILES string of the molecule is c1ccc(-c2nc(-c3ccc(-c4csc5ccccc45)cc3)cc(-c3ccc4c(c3)C3c5ccccc5C4c4cc(-c5cc(-c6ccc(-c7csc8ccccc78)cc6)nc(-c6ccccc6)n5)ccc43)n2)cc1. The van der Waals surface area contributed by atoms with Crippen LogP contribution in [0.3, 0.4) is 0 Å². The molecule has 2 unspecified atom stereocenters. The minimum Gasteiger partial charge on any atom is -0.228 e. The van der Waals surface area contributed by atoms with Gasteiger partial charge in [0.25, 0.3) is 0 Å². The first-order valence-electron chi connectivity index (χ1n) is 25.1. The molecule has 0 N–H and O–H groups in total. The summed E-state index contributed by atoms with van der Waals surface area (Å²) in [5.74, 6) is 1.54. The number of rotatable bonds is 8. The number of hydrogen-bond donors (Lipinski definition) is 0. The van der Waals surface area contributed by atoms with Gasteiger partial charge in [0.05, 0.1) is 22.8 Å². The van der Waals surface area contributed by atoms with Crippen LogP contribution < -0.4 is 0 Å². The molecule has 3 aliphatic carbocycles. The lowest BCUT2D eigenvalue weighted by Gasteiger charge is -2.42. The quantitative estimate of drug-likeness (QED) is 0.152. The van der Waals surface area contributed by atoms with Gasteiger partial charge in [-0.1, -0.05) is 194 Å². The highest BCUT2D eigenvalue weighted by Crippen LogP contribution is 2.57.